The molecule has 96 valence electrons. The van der Waals surface area contributed by atoms with Crippen molar-refractivity contribution in [1.82, 2.24) is 0 Å². The van der Waals surface area contributed by atoms with Crippen LogP contribution < -0.4 is 0 Å². The van der Waals surface area contributed by atoms with E-state index in [4.69, 9.17) is 4.74 Å². The summed E-state index contributed by atoms with van der Waals surface area (Å²) >= 11 is 0. The molecule has 0 saturated heterocycles. The molecule has 0 rings (SSSR count). The van der Waals surface area contributed by atoms with E-state index >= 15 is 0 Å². The second kappa shape index (κ2) is 23.6. The van der Waals surface area contributed by atoms with Crippen LogP contribution >= 0.6 is 0 Å². The third-order valence-corrected chi connectivity index (χ3v) is 1.80. The lowest BCUT2D eigenvalue weighted by Crippen LogP contribution is -2.07. The largest absolute Gasteiger partial charge is 0.384 e. The SMILES string of the molecule is CC.CCC.CCCC(CCC)COC. The van der Waals surface area contributed by atoms with Crippen molar-refractivity contribution in [2.24, 2.45) is 5.92 Å². The van der Waals surface area contributed by atoms with Crippen molar-refractivity contribution < 1.29 is 4.74 Å². The van der Waals surface area contributed by atoms with Gasteiger partial charge in [-0.1, -0.05) is 60.8 Å². The first kappa shape index (κ1) is 20.4. The zero-order valence-electron chi connectivity index (χ0n) is 12.2. The summed E-state index contributed by atoms with van der Waals surface area (Å²) in [6.45, 7) is 13.7. The van der Waals surface area contributed by atoms with E-state index in [0.29, 0.717) is 0 Å². The number of hydrogen-bond acceptors (Lipinski definition) is 1. The maximum absolute atomic E-state index is 5.11. The minimum Gasteiger partial charge on any atom is -0.384 e. The molecule has 0 aliphatic rings. The van der Waals surface area contributed by atoms with E-state index in [1.54, 1.807) is 7.11 Å². The summed E-state index contributed by atoms with van der Waals surface area (Å²) in [5.41, 5.74) is 0. The van der Waals surface area contributed by atoms with Gasteiger partial charge < -0.3 is 4.74 Å². The maximum Gasteiger partial charge on any atom is 0.0490 e. The molecule has 0 aliphatic carbocycles. The molecule has 0 radical (unpaired) electrons. The summed E-state index contributed by atoms with van der Waals surface area (Å²) < 4.78 is 5.11. The number of rotatable bonds is 6. The van der Waals surface area contributed by atoms with Crippen LogP contribution in [0.1, 0.15) is 73.6 Å². The fourth-order valence-corrected chi connectivity index (χ4v) is 1.36. The molecular formula is C14H34O. The van der Waals surface area contributed by atoms with Gasteiger partial charge in [-0.15, -0.1) is 0 Å². The van der Waals surface area contributed by atoms with Crippen molar-refractivity contribution in [3.63, 3.8) is 0 Å². The third-order valence-electron chi connectivity index (χ3n) is 1.80. The van der Waals surface area contributed by atoms with Crippen LogP contribution in [0.25, 0.3) is 0 Å². The quantitative estimate of drug-likeness (QED) is 0.588. The van der Waals surface area contributed by atoms with Crippen molar-refractivity contribution in [3.8, 4) is 0 Å². The predicted molar refractivity (Wildman–Crippen MR) is 72.5 cm³/mol. The van der Waals surface area contributed by atoms with E-state index in [1.165, 1.54) is 32.1 Å². The molecule has 0 heterocycles. The lowest BCUT2D eigenvalue weighted by atomic mass is 10.00. The zero-order chi connectivity index (χ0) is 12.5. The van der Waals surface area contributed by atoms with Gasteiger partial charge in [-0.2, -0.15) is 0 Å². The van der Waals surface area contributed by atoms with Gasteiger partial charge in [0.25, 0.3) is 0 Å². The second-order valence-electron chi connectivity index (χ2n) is 3.61. The van der Waals surface area contributed by atoms with Gasteiger partial charge in [0.15, 0.2) is 0 Å². The molecule has 0 unspecified atom stereocenters. The van der Waals surface area contributed by atoms with Crippen LogP contribution in [0, 0.1) is 5.92 Å². The number of methoxy groups -OCH3 is 1. The van der Waals surface area contributed by atoms with Crippen LogP contribution in [-0.4, -0.2) is 13.7 Å². The Labute approximate surface area is 98.6 Å². The summed E-state index contributed by atoms with van der Waals surface area (Å²) in [7, 11) is 1.79. The first-order valence-electron chi connectivity index (χ1n) is 6.75. The third kappa shape index (κ3) is 24.9. The highest BCUT2D eigenvalue weighted by Gasteiger charge is 2.04. The van der Waals surface area contributed by atoms with Gasteiger partial charge in [-0.3, -0.25) is 0 Å². The highest BCUT2D eigenvalue weighted by atomic mass is 16.5. The molecule has 0 aromatic rings. The van der Waals surface area contributed by atoms with Crippen molar-refractivity contribution in [3.05, 3.63) is 0 Å². The summed E-state index contributed by atoms with van der Waals surface area (Å²) in [6.07, 6.45) is 6.46. The van der Waals surface area contributed by atoms with Gasteiger partial charge in [-0.05, 0) is 18.8 Å². The Bertz CT molecular complexity index is 57.5. The average Bonchev–Trinajstić information content (AvgIpc) is 2.23. The highest BCUT2D eigenvalue weighted by molar-refractivity contribution is 4.55. The highest BCUT2D eigenvalue weighted by Crippen LogP contribution is 2.12. The second-order valence-corrected chi connectivity index (χ2v) is 3.61. The Morgan fingerprint density at radius 1 is 0.867 bits per heavy atom. The molecule has 0 aromatic heterocycles. The fraction of sp³-hybridized carbons (Fsp3) is 1.00. The molecule has 0 amide bonds. The minimum atomic E-state index is 0.806. The number of hydrogen-bond donors (Lipinski definition) is 0. The molecule has 0 saturated carbocycles. The van der Waals surface area contributed by atoms with E-state index in [1.807, 2.05) is 13.8 Å². The van der Waals surface area contributed by atoms with Crippen LogP contribution in [-0.2, 0) is 4.74 Å². The zero-order valence-corrected chi connectivity index (χ0v) is 12.2. The van der Waals surface area contributed by atoms with E-state index < -0.39 is 0 Å². The summed E-state index contributed by atoms with van der Waals surface area (Å²) in [6, 6.07) is 0. The molecule has 0 atom stereocenters. The van der Waals surface area contributed by atoms with Gasteiger partial charge in [0, 0.05) is 13.7 Å². The van der Waals surface area contributed by atoms with Gasteiger partial charge in [0.1, 0.15) is 0 Å². The van der Waals surface area contributed by atoms with Crippen LogP contribution in [0.5, 0.6) is 0 Å². The van der Waals surface area contributed by atoms with Crippen molar-refractivity contribution in [1.29, 1.82) is 0 Å². The normalized spacial score (nSPS) is 8.80. The molecule has 0 bridgehead atoms. The Balaban J connectivity index is -0.000000245. The van der Waals surface area contributed by atoms with E-state index in [2.05, 4.69) is 27.7 Å². The lowest BCUT2D eigenvalue weighted by Gasteiger charge is -2.12. The van der Waals surface area contributed by atoms with Crippen LogP contribution in [0.2, 0.25) is 0 Å². The van der Waals surface area contributed by atoms with Crippen molar-refractivity contribution >= 4 is 0 Å². The van der Waals surface area contributed by atoms with Gasteiger partial charge in [0.2, 0.25) is 0 Å². The topological polar surface area (TPSA) is 9.23 Å². The fourth-order valence-electron chi connectivity index (χ4n) is 1.36. The maximum atomic E-state index is 5.11. The Hall–Kier alpha value is -0.0400. The van der Waals surface area contributed by atoms with Gasteiger partial charge >= 0.3 is 0 Å². The van der Waals surface area contributed by atoms with Crippen LogP contribution in [0.15, 0.2) is 0 Å². The molecule has 0 fully saturated rings. The first-order valence-corrected chi connectivity index (χ1v) is 6.75. The summed E-state index contributed by atoms with van der Waals surface area (Å²) in [5.74, 6) is 0.806. The molecular weight excluding hydrogens is 184 g/mol. The first-order chi connectivity index (χ1) is 7.26. The summed E-state index contributed by atoms with van der Waals surface area (Å²) in [4.78, 5) is 0. The van der Waals surface area contributed by atoms with Gasteiger partial charge in [0.05, 0.1) is 0 Å². The van der Waals surface area contributed by atoms with E-state index in [-0.39, 0.29) is 0 Å². The molecule has 1 heteroatoms. The Kier molecular flexibility index (Phi) is 32.1. The minimum absolute atomic E-state index is 0.806. The number of ether oxygens (including phenoxy) is 1. The van der Waals surface area contributed by atoms with Crippen LogP contribution in [0.3, 0.4) is 0 Å². The molecule has 0 N–H and O–H groups in total. The molecule has 0 aromatic carbocycles. The molecule has 15 heavy (non-hydrogen) atoms. The molecule has 0 aliphatic heterocycles. The Morgan fingerprint density at radius 3 is 1.40 bits per heavy atom. The summed E-state index contributed by atoms with van der Waals surface area (Å²) in [5, 5.41) is 0. The van der Waals surface area contributed by atoms with Crippen molar-refractivity contribution in [2.75, 3.05) is 13.7 Å². The Morgan fingerprint density at radius 2 is 1.20 bits per heavy atom. The van der Waals surface area contributed by atoms with Crippen molar-refractivity contribution in [2.45, 2.75) is 73.6 Å². The average molecular weight is 218 g/mol. The standard InChI is InChI=1S/C9H20O.C3H8.C2H6/c1-4-6-9(7-5-2)8-10-3;1-3-2;1-2/h9H,4-8H2,1-3H3;3H2,1-2H3;1-2H3. The smallest absolute Gasteiger partial charge is 0.0490 e. The molecule has 0 spiro atoms. The van der Waals surface area contributed by atoms with Gasteiger partial charge in [-0.25, -0.2) is 0 Å². The predicted octanol–water partition coefficient (Wildman–Crippen LogP) is 5.29. The lowest BCUT2D eigenvalue weighted by molar-refractivity contribution is 0.142. The van der Waals surface area contributed by atoms with E-state index in [9.17, 15) is 0 Å². The monoisotopic (exact) mass is 218 g/mol. The van der Waals surface area contributed by atoms with E-state index in [0.717, 1.165) is 12.5 Å². The molecule has 1 nitrogen and oxygen atoms in total. The van der Waals surface area contributed by atoms with Crippen LogP contribution in [0.4, 0.5) is 0 Å².